The van der Waals surface area contributed by atoms with Gasteiger partial charge in [-0.15, -0.1) is 0 Å². The van der Waals surface area contributed by atoms with E-state index in [1.807, 2.05) is 11.8 Å². The van der Waals surface area contributed by atoms with Crippen LogP contribution in [0.4, 0.5) is 13.2 Å². The van der Waals surface area contributed by atoms with Crippen LogP contribution in [-0.2, 0) is 10.9 Å². The summed E-state index contributed by atoms with van der Waals surface area (Å²) in [6.45, 7) is 2.65. The molecule has 2 atom stereocenters. The second kappa shape index (κ2) is 7.06. The van der Waals surface area contributed by atoms with Crippen LogP contribution in [0.25, 0.3) is 0 Å². The van der Waals surface area contributed by atoms with Gasteiger partial charge in [-0.2, -0.15) is 13.2 Å². The lowest BCUT2D eigenvalue weighted by Crippen LogP contribution is -2.35. The number of rotatable bonds is 6. The van der Waals surface area contributed by atoms with Crippen LogP contribution in [0.2, 0.25) is 0 Å². The van der Waals surface area contributed by atoms with Crippen molar-refractivity contribution in [2.75, 3.05) is 27.3 Å². The van der Waals surface area contributed by atoms with Crippen molar-refractivity contribution in [3.63, 3.8) is 0 Å². The molecule has 2 unspecified atom stereocenters. The van der Waals surface area contributed by atoms with Crippen LogP contribution in [0.5, 0.6) is 0 Å². The molecule has 0 saturated heterocycles. The second-order valence-electron chi connectivity index (χ2n) is 4.88. The Bertz CT molecular complexity index is 423. The lowest BCUT2D eigenvalue weighted by atomic mass is 10.0. The third-order valence-corrected chi connectivity index (χ3v) is 3.22. The number of halogens is 3. The first-order valence-corrected chi connectivity index (χ1v) is 6.30. The predicted octanol–water partition coefficient (Wildman–Crippen LogP) is 2.71. The monoisotopic (exact) mass is 291 g/mol. The quantitative estimate of drug-likeness (QED) is 0.874. The molecule has 114 valence electrons. The molecule has 0 saturated carbocycles. The molecule has 0 spiro atoms. The fraction of sp³-hybridized carbons (Fsp3) is 0.571. The summed E-state index contributed by atoms with van der Waals surface area (Å²) < 4.78 is 42.8. The highest BCUT2D eigenvalue weighted by Gasteiger charge is 2.31. The third-order valence-electron chi connectivity index (χ3n) is 3.22. The molecule has 0 fully saturated rings. The van der Waals surface area contributed by atoms with Crippen LogP contribution in [0, 0.1) is 0 Å². The van der Waals surface area contributed by atoms with E-state index in [1.54, 1.807) is 14.2 Å². The van der Waals surface area contributed by atoms with Crippen LogP contribution in [-0.4, -0.2) is 43.4 Å². The van der Waals surface area contributed by atoms with Gasteiger partial charge in [-0.1, -0.05) is 12.1 Å². The van der Waals surface area contributed by atoms with Gasteiger partial charge in [0.2, 0.25) is 0 Å². The van der Waals surface area contributed by atoms with E-state index in [9.17, 15) is 18.3 Å². The van der Waals surface area contributed by atoms with E-state index < -0.39 is 17.8 Å². The Balaban J connectivity index is 2.75. The van der Waals surface area contributed by atoms with E-state index >= 15 is 0 Å². The molecule has 1 N–H and O–H groups in total. The van der Waals surface area contributed by atoms with Crippen molar-refractivity contribution in [1.82, 2.24) is 4.90 Å². The van der Waals surface area contributed by atoms with Crippen molar-refractivity contribution in [2.24, 2.45) is 0 Å². The molecule has 20 heavy (non-hydrogen) atoms. The van der Waals surface area contributed by atoms with Crippen LogP contribution >= 0.6 is 0 Å². The summed E-state index contributed by atoms with van der Waals surface area (Å²) in [4.78, 5) is 1.84. The minimum absolute atomic E-state index is 0.0699. The number of aliphatic hydroxyl groups is 1. The summed E-state index contributed by atoms with van der Waals surface area (Å²) in [7, 11) is 3.37. The topological polar surface area (TPSA) is 32.7 Å². The zero-order valence-electron chi connectivity index (χ0n) is 11.8. The normalized spacial score (nSPS) is 15.4. The Hall–Kier alpha value is -1.11. The minimum atomic E-state index is -4.40. The maximum absolute atomic E-state index is 12.6. The van der Waals surface area contributed by atoms with Crippen molar-refractivity contribution in [3.8, 4) is 0 Å². The number of nitrogens with zero attached hydrogens (tertiary/aromatic N) is 1. The number of hydrogen-bond donors (Lipinski definition) is 1. The van der Waals surface area contributed by atoms with Crippen molar-refractivity contribution in [3.05, 3.63) is 35.4 Å². The number of alkyl halides is 3. The lowest BCUT2D eigenvalue weighted by molar-refractivity contribution is -0.137. The summed E-state index contributed by atoms with van der Waals surface area (Å²) in [5, 5.41) is 10.0. The summed E-state index contributed by atoms with van der Waals surface area (Å²) in [6, 6.07) is 4.85. The van der Waals surface area contributed by atoms with Gasteiger partial charge in [0.15, 0.2) is 0 Å². The smallest absolute Gasteiger partial charge is 0.387 e. The van der Waals surface area contributed by atoms with Crippen LogP contribution < -0.4 is 0 Å². The molecule has 0 aliphatic rings. The molecule has 3 nitrogen and oxygen atoms in total. The lowest BCUT2D eigenvalue weighted by Gasteiger charge is -2.26. The SMILES string of the molecule is COCC(C)N(C)CC(O)c1cccc(C(F)(F)F)c1. The van der Waals surface area contributed by atoms with Crippen molar-refractivity contribution in [1.29, 1.82) is 0 Å². The van der Waals surface area contributed by atoms with E-state index in [0.717, 1.165) is 12.1 Å². The van der Waals surface area contributed by atoms with E-state index in [4.69, 9.17) is 4.74 Å². The molecular formula is C14H20F3NO2. The fourth-order valence-corrected chi connectivity index (χ4v) is 1.85. The van der Waals surface area contributed by atoms with Gasteiger partial charge in [0.25, 0.3) is 0 Å². The predicted molar refractivity (Wildman–Crippen MR) is 70.4 cm³/mol. The standard InChI is InChI=1S/C14H20F3NO2/c1-10(9-20-3)18(2)8-13(19)11-5-4-6-12(7-11)14(15,16)17/h4-7,10,13,19H,8-9H2,1-3H3. The van der Waals surface area contributed by atoms with Gasteiger partial charge in [0, 0.05) is 19.7 Å². The van der Waals surface area contributed by atoms with E-state index in [-0.39, 0.29) is 18.2 Å². The average Bonchev–Trinajstić information content (AvgIpc) is 2.38. The second-order valence-corrected chi connectivity index (χ2v) is 4.88. The molecule has 0 heterocycles. The molecule has 0 aliphatic heterocycles. The van der Waals surface area contributed by atoms with E-state index in [1.165, 1.54) is 12.1 Å². The maximum Gasteiger partial charge on any atom is 0.416 e. The molecule has 0 aromatic heterocycles. The fourth-order valence-electron chi connectivity index (χ4n) is 1.85. The Kier molecular flexibility index (Phi) is 5.98. The Labute approximate surface area is 117 Å². The summed E-state index contributed by atoms with van der Waals surface area (Å²) in [5.41, 5.74) is -0.488. The molecule has 0 aliphatic carbocycles. The average molecular weight is 291 g/mol. The number of ether oxygens (including phenoxy) is 1. The first-order valence-electron chi connectivity index (χ1n) is 6.30. The van der Waals surface area contributed by atoms with Gasteiger partial charge in [0.05, 0.1) is 18.3 Å². The number of benzene rings is 1. The molecule has 1 aromatic rings. The first kappa shape index (κ1) is 16.9. The Morgan fingerprint density at radius 3 is 2.55 bits per heavy atom. The highest BCUT2D eigenvalue weighted by atomic mass is 19.4. The molecule has 1 rings (SSSR count). The van der Waals surface area contributed by atoms with Gasteiger partial charge < -0.3 is 9.84 Å². The van der Waals surface area contributed by atoms with Crippen molar-refractivity contribution >= 4 is 0 Å². The van der Waals surface area contributed by atoms with Crippen LogP contribution in [0.1, 0.15) is 24.2 Å². The van der Waals surface area contributed by atoms with Crippen LogP contribution in [0.3, 0.4) is 0 Å². The summed E-state index contributed by atoms with van der Waals surface area (Å²) in [5.74, 6) is 0. The number of likely N-dealkylation sites (N-methyl/N-ethyl adjacent to an activating group) is 1. The molecule has 6 heteroatoms. The number of methoxy groups -OCH3 is 1. The highest BCUT2D eigenvalue weighted by Crippen LogP contribution is 2.30. The van der Waals surface area contributed by atoms with Crippen molar-refractivity contribution in [2.45, 2.75) is 25.2 Å². The Morgan fingerprint density at radius 2 is 2.00 bits per heavy atom. The van der Waals surface area contributed by atoms with Gasteiger partial charge >= 0.3 is 6.18 Å². The van der Waals surface area contributed by atoms with Gasteiger partial charge in [-0.25, -0.2) is 0 Å². The van der Waals surface area contributed by atoms with Gasteiger partial charge in [-0.05, 0) is 31.7 Å². The van der Waals surface area contributed by atoms with E-state index in [2.05, 4.69) is 0 Å². The molecule has 0 radical (unpaired) electrons. The Morgan fingerprint density at radius 1 is 1.35 bits per heavy atom. The van der Waals surface area contributed by atoms with Crippen LogP contribution in [0.15, 0.2) is 24.3 Å². The van der Waals surface area contributed by atoms with E-state index in [0.29, 0.717) is 6.61 Å². The van der Waals surface area contributed by atoms with Crippen molar-refractivity contribution < 1.29 is 23.0 Å². The first-order chi connectivity index (χ1) is 9.25. The zero-order chi connectivity index (χ0) is 15.3. The highest BCUT2D eigenvalue weighted by molar-refractivity contribution is 5.27. The minimum Gasteiger partial charge on any atom is -0.387 e. The third kappa shape index (κ3) is 4.77. The van der Waals surface area contributed by atoms with Gasteiger partial charge in [0.1, 0.15) is 0 Å². The zero-order valence-corrected chi connectivity index (χ0v) is 11.8. The van der Waals surface area contributed by atoms with Gasteiger partial charge in [-0.3, -0.25) is 4.90 Å². The molecule has 0 bridgehead atoms. The molecule has 0 amide bonds. The largest absolute Gasteiger partial charge is 0.416 e. The maximum atomic E-state index is 12.6. The number of hydrogen-bond acceptors (Lipinski definition) is 3. The summed E-state index contributed by atoms with van der Waals surface area (Å²) in [6.07, 6.45) is -5.37. The molecule has 1 aromatic carbocycles. The number of aliphatic hydroxyl groups excluding tert-OH is 1. The summed E-state index contributed by atoms with van der Waals surface area (Å²) >= 11 is 0. The molecular weight excluding hydrogens is 271 g/mol.